The van der Waals surface area contributed by atoms with Crippen molar-refractivity contribution in [3.8, 4) is 0 Å². The number of primary amides is 1. The normalized spacial score (nSPS) is 13.5. The summed E-state index contributed by atoms with van der Waals surface area (Å²) in [6.07, 6.45) is 1.38. The van der Waals surface area contributed by atoms with Crippen LogP contribution in [-0.2, 0) is 6.42 Å². The third-order valence-corrected chi connectivity index (χ3v) is 3.95. The Labute approximate surface area is 137 Å². The molecule has 0 aromatic heterocycles. The molecule has 0 saturated heterocycles. The van der Waals surface area contributed by atoms with Crippen LogP contribution in [0.2, 0.25) is 0 Å². The molecule has 0 aliphatic heterocycles. The van der Waals surface area contributed by atoms with Crippen LogP contribution in [0.3, 0.4) is 0 Å². The van der Waals surface area contributed by atoms with E-state index in [0.717, 1.165) is 18.4 Å². The number of aliphatic hydroxyl groups excluding tert-OH is 1. The zero-order valence-electron chi connectivity index (χ0n) is 13.4. The Hall–Kier alpha value is -2.17. The van der Waals surface area contributed by atoms with E-state index in [9.17, 15) is 9.90 Å². The van der Waals surface area contributed by atoms with Crippen molar-refractivity contribution in [3.05, 3.63) is 71.3 Å². The minimum absolute atomic E-state index is 0.296. The van der Waals surface area contributed by atoms with Gasteiger partial charge in [0.15, 0.2) is 0 Å². The second kappa shape index (κ2) is 8.46. The van der Waals surface area contributed by atoms with Gasteiger partial charge in [-0.15, -0.1) is 0 Å². The molecule has 2 atom stereocenters. The molecule has 1 unspecified atom stereocenters. The minimum atomic E-state index is -0.492. The first-order valence-corrected chi connectivity index (χ1v) is 7.91. The van der Waals surface area contributed by atoms with E-state index in [1.165, 1.54) is 5.56 Å². The first kappa shape index (κ1) is 17.2. The fourth-order valence-corrected chi connectivity index (χ4v) is 2.43. The summed E-state index contributed by atoms with van der Waals surface area (Å²) in [4.78, 5) is 11.0. The van der Waals surface area contributed by atoms with Gasteiger partial charge >= 0.3 is 0 Å². The maximum atomic E-state index is 11.0. The Morgan fingerprint density at radius 2 is 1.78 bits per heavy atom. The maximum Gasteiger partial charge on any atom is 0.248 e. The average Bonchev–Trinajstić information content (AvgIpc) is 2.59. The van der Waals surface area contributed by atoms with Crippen molar-refractivity contribution >= 4 is 5.91 Å². The van der Waals surface area contributed by atoms with Crippen LogP contribution in [0.25, 0.3) is 0 Å². The monoisotopic (exact) mass is 312 g/mol. The van der Waals surface area contributed by atoms with Crippen LogP contribution in [-0.4, -0.2) is 23.6 Å². The highest BCUT2D eigenvalue weighted by molar-refractivity contribution is 5.92. The van der Waals surface area contributed by atoms with Crippen molar-refractivity contribution in [2.45, 2.75) is 31.9 Å². The van der Waals surface area contributed by atoms with Gasteiger partial charge in [-0.25, -0.2) is 0 Å². The molecule has 122 valence electrons. The van der Waals surface area contributed by atoms with E-state index in [4.69, 9.17) is 5.73 Å². The van der Waals surface area contributed by atoms with Crippen LogP contribution < -0.4 is 11.1 Å². The Morgan fingerprint density at radius 3 is 2.39 bits per heavy atom. The molecule has 0 bridgehead atoms. The molecule has 0 radical (unpaired) electrons. The molecule has 4 N–H and O–H groups in total. The highest BCUT2D eigenvalue weighted by Gasteiger charge is 2.09. The topological polar surface area (TPSA) is 75.4 Å². The Balaban J connectivity index is 1.74. The zero-order chi connectivity index (χ0) is 16.7. The van der Waals surface area contributed by atoms with E-state index >= 15 is 0 Å². The van der Waals surface area contributed by atoms with Crippen molar-refractivity contribution in [1.29, 1.82) is 0 Å². The summed E-state index contributed by atoms with van der Waals surface area (Å²) in [5.41, 5.74) is 7.86. The summed E-state index contributed by atoms with van der Waals surface area (Å²) >= 11 is 0. The van der Waals surface area contributed by atoms with Gasteiger partial charge in [-0.05, 0) is 43.0 Å². The number of rotatable bonds is 8. The molecule has 2 aromatic carbocycles. The molecule has 1 amide bonds. The maximum absolute atomic E-state index is 11.0. The average molecular weight is 312 g/mol. The van der Waals surface area contributed by atoms with Crippen LogP contribution in [0.1, 0.15) is 40.9 Å². The SMILES string of the molecule is CC(CCc1ccc(C(N)=O)cc1)NC[C@H](O)c1ccccc1. The van der Waals surface area contributed by atoms with Crippen molar-refractivity contribution in [2.24, 2.45) is 5.73 Å². The number of benzene rings is 2. The standard InChI is InChI=1S/C19H24N2O2/c1-14(21-13-18(22)16-5-3-2-4-6-16)7-8-15-9-11-17(12-10-15)19(20)23/h2-6,9-12,14,18,21-22H,7-8,13H2,1H3,(H2,20,23)/t14?,18-/m0/s1. The summed E-state index contributed by atoms with van der Waals surface area (Å²) in [7, 11) is 0. The third kappa shape index (κ3) is 5.51. The zero-order valence-corrected chi connectivity index (χ0v) is 13.4. The fourth-order valence-electron chi connectivity index (χ4n) is 2.43. The molecule has 0 fully saturated rings. The molecular formula is C19H24N2O2. The van der Waals surface area contributed by atoms with Gasteiger partial charge in [-0.2, -0.15) is 0 Å². The lowest BCUT2D eigenvalue weighted by Crippen LogP contribution is -2.30. The summed E-state index contributed by atoms with van der Waals surface area (Å²) in [5.74, 6) is -0.401. The minimum Gasteiger partial charge on any atom is -0.387 e. The second-order valence-electron chi connectivity index (χ2n) is 5.84. The van der Waals surface area contributed by atoms with E-state index in [-0.39, 0.29) is 0 Å². The van der Waals surface area contributed by atoms with Gasteiger partial charge < -0.3 is 16.2 Å². The number of hydrogen-bond donors (Lipinski definition) is 3. The molecule has 23 heavy (non-hydrogen) atoms. The van der Waals surface area contributed by atoms with Crippen LogP contribution >= 0.6 is 0 Å². The predicted octanol–water partition coefficient (Wildman–Crippen LogP) is 2.43. The number of carbonyl (C=O) groups is 1. The second-order valence-corrected chi connectivity index (χ2v) is 5.84. The molecule has 2 aromatic rings. The van der Waals surface area contributed by atoms with Gasteiger partial charge in [0.25, 0.3) is 0 Å². The molecular weight excluding hydrogens is 288 g/mol. The highest BCUT2D eigenvalue weighted by atomic mass is 16.3. The molecule has 0 spiro atoms. The van der Waals surface area contributed by atoms with E-state index in [2.05, 4.69) is 12.2 Å². The smallest absolute Gasteiger partial charge is 0.248 e. The molecule has 4 nitrogen and oxygen atoms in total. The number of nitrogens with two attached hydrogens (primary N) is 1. The largest absolute Gasteiger partial charge is 0.387 e. The molecule has 0 aliphatic carbocycles. The number of amides is 1. The van der Waals surface area contributed by atoms with Crippen LogP contribution in [0, 0.1) is 0 Å². The van der Waals surface area contributed by atoms with E-state index in [1.807, 2.05) is 42.5 Å². The van der Waals surface area contributed by atoms with Crippen LogP contribution in [0.15, 0.2) is 54.6 Å². The lowest BCUT2D eigenvalue weighted by Gasteiger charge is -2.17. The van der Waals surface area contributed by atoms with Gasteiger partial charge in [-0.3, -0.25) is 4.79 Å². The quantitative estimate of drug-likeness (QED) is 0.701. The fraction of sp³-hybridized carbons (Fsp3) is 0.316. The number of hydrogen-bond acceptors (Lipinski definition) is 3. The van der Waals surface area contributed by atoms with E-state index in [0.29, 0.717) is 18.2 Å². The summed E-state index contributed by atoms with van der Waals surface area (Å²) < 4.78 is 0. The van der Waals surface area contributed by atoms with Gasteiger partial charge in [0.1, 0.15) is 0 Å². The summed E-state index contributed by atoms with van der Waals surface area (Å²) in [6, 6.07) is 17.3. The molecule has 0 aliphatic rings. The number of nitrogens with one attached hydrogen (secondary N) is 1. The van der Waals surface area contributed by atoms with E-state index in [1.54, 1.807) is 12.1 Å². The Kier molecular flexibility index (Phi) is 6.32. The Morgan fingerprint density at radius 1 is 1.13 bits per heavy atom. The highest BCUT2D eigenvalue weighted by Crippen LogP contribution is 2.12. The van der Waals surface area contributed by atoms with Gasteiger partial charge in [0, 0.05) is 18.2 Å². The first-order chi connectivity index (χ1) is 11.1. The third-order valence-electron chi connectivity index (χ3n) is 3.95. The first-order valence-electron chi connectivity index (χ1n) is 7.91. The van der Waals surface area contributed by atoms with Crippen LogP contribution in [0.4, 0.5) is 0 Å². The number of aliphatic hydroxyl groups is 1. The van der Waals surface area contributed by atoms with Gasteiger partial charge in [-0.1, -0.05) is 42.5 Å². The van der Waals surface area contributed by atoms with Crippen LogP contribution in [0.5, 0.6) is 0 Å². The molecule has 4 heteroatoms. The lowest BCUT2D eigenvalue weighted by molar-refractivity contribution is 0.100. The van der Waals surface area contributed by atoms with Crippen molar-refractivity contribution in [3.63, 3.8) is 0 Å². The van der Waals surface area contributed by atoms with Crippen molar-refractivity contribution < 1.29 is 9.90 Å². The summed E-state index contributed by atoms with van der Waals surface area (Å²) in [5, 5.41) is 13.5. The molecule has 0 heterocycles. The predicted molar refractivity (Wildman–Crippen MR) is 92.1 cm³/mol. The molecule has 0 saturated carbocycles. The number of aryl methyl sites for hydroxylation is 1. The lowest BCUT2D eigenvalue weighted by atomic mass is 10.0. The Bertz CT molecular complexity index is 611. The van der Waals surface area contributed by atoms with Crippen molar-refractivity contribution in [2.75, 3.05) is 6.54 Å². The van der Waals surface area contributed by atoms with Gasteiger partial charge in [0.2, 0.25) is 5.91 Å². The number of carbonyl (C=O) groups excluding carboxylic acids is 1. The van der Waals surface area contributed by atoms with E-state index < -0.39 is 12.0 Å². The van der Waals surface area contributed by atoms with Crippen molar-refractivity contribution in [1.82, 2.24) is 5.32 Å². The summed E-state index contributed by atoms with van der Waals surface area (Å²) in [6.45, 7) is 2.64. The molecule has 2 rings (SSSR count). The van der Waals surface area contributed by atoms with Gasteiger partial charge in [0.05, 0.1) is 6.10 Å².